The van der Waals surface area contributed by atoms with Crippen molar-refractivity contribution >= 4 is 28.5 Å². The van der Waals surface area contributed by atoms with Crippen LogP contribution in [0, 0.1) is 0 Å². The standard InChI is InChI=1S/C16H17ClN2O4/c1-2-8-18-23-10-9-21-16(20)11-22-15-7-6-12-13(17)4-3-5-14(12)19-15/h2-8,18H,9-11H2,1H3. The molecule has 1 aromatic heterocycles. The molecule has 0 aliphatic rings. The molecule has 0 aliphatic heterocycles. The number of pyridine rings is 1. The van der Waals surface area contributed by atoms with Crippen molar-refractivity contribution in [1.29, 1.82) is 0 Å². The number of hydrogen-bond donors (Lipinski definition) is 1. The van der Waals surface area contributed by atoms with Gasteiger partial charge in [0.25, 0.3) is 0 Å². The van der Waals surface area contributed by atoms with Gasteiger partial charge in [-0.2, -0.15) is 0 Å². The van der Waals surface area contributed by atoms with Crippen LogP contribution in [-0.2, 0) is 14.4 Å². The fraction of sp³-hybridized carbons (Fsp3) is 0.250. The first kappa shape index (κ1) is 17.1. The topological polar surface area (TPSA) is 69.7 Å². The second kappa shape index (κ2) is 8.97. The Hall–Kier alpha value is -2.31. The van der Waals surface area contributed by atoms with E-state index in [0.29, 0.717) is 16.4 Å². The average Bonchev–Trinajstić information content (AvgIpc) is 2.56. The van der Waals surface area contributed by atoms with Crippen LogP contribution in [0.25, 0.3) is 10.9 Å². The first-order chi connectivity index (χ1) is 11.2. The molecule has 23 heavy (non-hydrogen) atoms. The van der Waals surface area contributed by atoms with Crippen LogP contribution >= 0.6 is 11.6 Å². The minimum absolute atomic E-state index is 0.132. The number of carbonyl (C=O) groups is 1. The Kier molecular flexibility index (Phi) is 6.65. The van der Waals surface area contributed by atoms with E-state index in [9.17, 15) is 4.79 Å². The highest BCUT2D eigenvalue weighted by molar-refractivity contribution is 6.35. The van der Waals surface area contributed by atoms with E-state index < -0.39 is 5.97 Å². The summed E-state index contributed by atoms with van der Waals surface area (Å²) in [6.07, 6.45) is 3.41. The summed E-state index contributed by atoms with van der Waals surface area (Å²) in [4.78, 5) is 20.8. The molecule has 0 unspecified atom stereocenters. The van der Waals surface area contributed by atoms with Crippen molar-refractivity contribution in [2.24, 2.45) is 0 Å². The predicted molar refractivity (Wildman–Crippen MR) is 87.1 cm³/mol. The number of nitrogens with one attached hydrogen (secondary N) is 1. The normalized spacial score (nSPS) is 10.9. The first-order valence-corrected chi connectivity index (χ1v) is 7.40. The lowest BCUT2D eigenvalue weighted by atomic mass is 10.2. The summed E-state index contributed by atoms with van der Waals surface area (Å²) in [5.41, 5.74) is 3.27. The molecule has 122 valence electrons. The van der Waals surface area contributed by atoms with Crippen LogP contribution in [0.4, 0.5) is 0 Å². The van der Waals surface area contributed by atoms with Gasteiger partial charge >= 0.3 is 5.97 Å². The fourth-order valence-electron chi connectivity index (χ4n) is 1.73. The highest BCUT2D eigenvalue weighted by Gasteiger charge is 2.06. The number of ether oxygens (including phenoxy) is 2. The van der Waals surface area contributed by atoms with E-state index in [2.05, 4.69) is 10.5 Å². The molecule has 0 spiro atoms. The summed E-state index contributed by atoms with van der Waals surface area (Å²) >= 11 is 6.06. The fourth-order valence-corrected chi connectivity index (χ4v) is 1.96. The van der Waals surface area contributed by atoms with Gasteiger partial charge in [-0.05, 0) is 25.1 Å². The van der Waals surface area contributed by atoms with Crippen molar-refractivity contribution in [3.8, 4) is 5.88 Å². The van der Waals surface area contributed by atoms with Crippen LogP contribution in [0.5, 0.6) is 5.88 Å². The van der Waals surface area contributed by atoms with Gasteiger partial charge in [0.05, 0.1) is 5.52 Å². The summed E-state index contributed by atoms with van der Waals surface area (Å²) in [6.45, 7) is 2.00. The van der Waals surface area contributed by atoms with Crippen molar-refractivity contribution in [3.05, 3.63) is 47.6 Å². The van der Waals surface area contributed by atoms with Crippen LogP contribution in [-0.4, -0.2) is 30.8 Å². The van der Waals surface area contributed by atoms with E-state index >= 15 is 0 Å². The van der Waals surface area contributed by atoms with Crippen LogP contribution in [0.3, 0.4) is 0 Å². The number of rotatable bonds is 8. The molecule has 2 aromatic rings. The van der Waals surface area contributed by atoms with Gasteiger partial charge in [-0.25, -0.2) is 9.78 Å². The second-order valence-corrected chi connectivity index (χ2v) is 4.84. The van der Waals surface area contributed by atoms with E-state index in [-0.39, 0.29) is 19.8 Å². The summed E-state index contributed by atoms with van der Waals surface area (Å²) in [6, 6.07) is 8.87. The van der Waals surface area contributed by atoms with Crippen molar-refractivity contribution in [2.75, 3.05) is 19.8 Å². The van der Waals surface area contributed by atoms with E-state index in [1.54, 1.807) is 36.5 Å². The third kappa shape index (κ3) is 5.43. The van der Waals surface area contributed by atoms with E-state index in [0.717, 1.165) is 5.39 Å². The average molecular weight is 337 g/mol. The second-order valence-electron chi connectivity index (χ2n) is 4.43. The Labute approximate surface area is 139 Å². The Morgan fingerprint density at radius 1 is 1.30 bits per heavy atom. The number of carbonyl (C=O) groups excluding carboxylic acids is 1. The molecule has 0 saturated heterocycles. The molecule has 0 amide bonds. The van der Waals surface area contributed by atoms with Crippen LogP contribution in [0.1, 0.15) is 6.92 Å². The van der Waals surface area contributed by atoms with Gasteiger partial charge in [-0.3, -0.25) is 10.3 Å². The van der Waals surface area contributed by atoms with E-state index in [4.69, 9.17) is 25.9 Å². The molecule has 0 fully saturated rings. The number of esters is 1. The maximum absolute atomic E-state index is 11.5. The summed E-state index contributed by atoms with van der Waals surface area (Å²) < 4.78 is 10.3. The smallest absolute Gasteiger partial charge is 0.344 e. The first-order valence-electron chi connectivity index (χ1n) is 7.03. The molecule has 0 bridgehead atoms. The molecule has 1 N–H and O–H groups in total. The number of nitrogens with zero attached hydrogens (tertiary/aromatic N) is 1. The van der Waals surface area contributed by atoms with Gasteiger partial charge in [0.1, 0.15) is 13.2 Å². The van der Waals surface area contributed by atoms with Crippen molar-refractivity contribution in [1.82, 2.24) is 10.5 Å². The molecular weight excluding hydrogens is 320 g/mol. The van der Waals surface area contributed by atoms with E-state index in [1.807, 2.05) is 13.0 Å². The van der Waals surface area contributed by atoms with Gasteiger partial charge in [0, 0.05) is 22.7 Å². The largest absolute Gasteiger partial charge is 0.466 e. The summed E-state index contributed by atoms with van der Waals surface area (Å²) in [5.74, 6) is -0.157. The Morgan fingerprint density at radius 3 is 3.00 bits per heavy atom. The van der Waals surface area contributed by atoms with Crippen LogP contribution in [0.15, 0.2) is 42.6 Å². The highest BCUT2D eigenvalue weighted by Crippen LogP contribution is 2.23. The Balaban J connectivity index is 1.76. The molecule has 1 heterocycles. The third-order valence-corrected chi connectivity index (χ3v) is 3.09. The molecule has 7 heteroatoms. The highest BCUT2D eigenvalue weighted by atomic mass is 35.5. The van der Waals surface area contributed by atoms with Gasteiger partial charge in [0.2, 0.25) is 5.88 Å². The Morgan fingerprint density at radius 2 is 2.17 bits per heavy atom. The molecule has 2 rings (SSSR count). The third-order valence-electron chi connectivity index (χ3n) is 2.76. The lowest BCUT2D eigenvalue weighted by Crippen LogP contribution is -2.19. The SMILES string of the molecule is CC=CNOCCOC(=O)COc1ccc2c(Cl)cccc2n1. The zero-order valence-electron chi connectivity index (χ0n) is 12.6. The number of aromatic nitrogens is 1. The zero-order chi connectivity index (χ0) is 16.5. The molecule has 0 radical (unpaired) electrons. The van der Waals surface area contributed by atoms with Gasteiger partial charge in [0.15, 0.2) is 6.61 Å². The Bertz CT molecular complexity index is 691. The van der Waals surface area contributed by atoms with Crippen molar-refractivity contribution in [2.45, 2.75) is 6.92 Å². The molecular formula is C16H17ClN2O4. The number of hydrogen-bond acceptors (Lipinski definition) is 6. The molecule has 6 nitrogen and oxygen atoms in total. The number of hydroxylamine groups is 1. The quantitative estimate of drug-likeness (QED) is 0.454. The molecule has 0 saturated carbocycles. The zero-order valence-corrected chi connectivity index (χ0v) is 13.4. The number of halogens is 1. The summed E-state index contributed by atoms with van der Waals surface area (Å²) in [7, 11) is 0. The molecule has 0 atom stereocenters. The monoisotopic (exact) mass is 336 g/mol. The van der Waals surface area contributed by atoms with Gasteiger partial charge in [-0.1, -0.05) is 23.7 Å². The number of benzene rings is 1. The molecule has 0 aliphatic carbocycles. The number of fused-ring (bicyclic) bond motifs is 1. The summed E-state index contributed by atoms with van der Waals surface area (Å²) in [5, 5.41) is 1.45. The minimum atomic E-state index is -0.493. The minimum Gasteiger partial charge on any atom is -0.466 e. The molecule has 1 aromatic carbocycles. The predicted octanol–water partition coefficient (Wildman–Crippen LogP) is 2.87. The van der Waals surface area contributed by atoms with Gasteiger partial charge in [-0.15, -0.1) is 0 Å². The van der Waals surface area contributed by atoms with Crippen LogP contribution < -0.4 is 10.2 Å². The maximum Gasteiger partial charge on any atom is 0.344 e. The lowest BCUT2D eigenvalue weighted by Gasteiger charge is -2.07. The number of allylic oxidation sites excluding steroid dienone is 1. The van der Waals surface area contributed by atoms with Crippen molar-refractivity contribution in [3.63, 3.8) is 0 Å². The van der Waals surface area contributed by atoms with Gasteiger partial charge < -0.3 is 9.47 Å². The maximum atomic E-state index is 11.5. The van der Waals surface area contributed by atoms with Crippen LogP contribution in [0.2, 0.25) is 5.02 Å². The van der Waals surface area contributed by atoms with Crippen molar-refractivity contribution < 1.29 is 19.1 Å². The lowest BCUT2D eigenvalue weighted by molar-refractivity contribution is -0.148. The van der Waals surface area contributed by atoms with E-state index in [1.165, 1.54) is 0 Å².